The van der Waals surface area contributed by atoms with Crippen molar-refractivity contribution in [2.75, 3.05) is 12.4 Å². The highest BCUT2D eigenvalue weighted by Crippen LogP contribution is 2.36. The molecule has 0 radical (unpaired) electrons. The quantitative estimate of drug-likeness (QED) is 0.379. The normalized spacial score (nSPS) is 10.5. The molecule has 8 heteroatoms. The molecule has 0 bridgehead atoms. The van der Waals surface area contributed by atoms with Crippen LogP contribution in [-0.4, -0.2) is 24.8 Å². The van der Waals surface area contributed by atoms with Crippen LogP contribution in [0.15, 0.2) is 53.9 Å². The monoisotopic (exact) mass is 445 g/mol. The van der Waals surface area contributed by atoms with E-state index >= 15 is 0 Å². The molecule has 3 rings (SSSR count). The molecular formula is C22H17ClFNO4S. The van der Waals surface area contributed by atoms with Crippen molar-refractivity contribution in [2.45, 2.75) is 12.8 Å². The Morgan fingerprint density at radius 2 is 1.70 bits per heavy atom. The van der Waals surface area contributed by atoms with Crippen LogP contribution in [0.5, 0.6) is 0 Å². The molecule has 0 unspecified atom stereocenters. The van der Waals surface area contributed by atoms with Gasteiger partial charge in [0.05, 0.1) is 7.11 Å². The number of esters is 1. The molecule has 0 saturated carbocycles. The summed E-state index contributed by atoms with van der Waals surface area (Å²) in [5.74, 6) is -1.71. The van der Waals surface area contributed by atoms with Crippen LogP contribution in [0.25, 0.3) is 11.1 Å². The Hall–Kier alpha value is -3.03. The van der Waals surface area contributed by atoms with E-state index in [0.29, 0.717) is 21.2 Å². The van der Waals surface area contributed by atoms with Gasteiger partial charge in [0, 0.05) is 34.4 Å². The number of hydrogen-bond donors (Lipinski definition) is 1. The van der Waals surface area contributed by atoms with Gasteiger partial charge in [-0.05, 0) is 42.0 Å². The van der Waals surface area contributed by atoms with Gasteiger partial charge in [0.2, 0.25) is 5.91 Å². The zero-order chi connectivity index (χ0) is 21.7. The molecule has 0 spiro atoms. The second-order valence-corrected chi connectivity index (χ2v) is 7.65. The minimum absolute atomic E-state index is 0.0412. The molecule has 0 fully saturated rings. The van der Waals surface area contributed by atoms with E-state index in [9.17, 15) is 18.8 Å². The number of amides is 1. The molecule has 1 aromatic heterocycles. The molecule has 0 aliphatic rings. The zero-order valence-electron chi connectivity index (χ0n) is 15.9. The third kappa shape index (κ3) is 5.11. The van der Waals surface area contributed by atoms with Crippen LogP contribution < -0.4 is 5.32 Å². The van der Waals surface area contributed by atoms with Gasteiger partial charge >= 0.3 is 5.97 Å². The molecule has 0 saturated heterocycles. The van der Waals surface area contributed by atoms with E-state index in [2.05, 4.69) is 5.32 Å². The molecule has 0 atom stereocenters. The van der Waals surface area contributed by atoms with Gasteiger partial charge in [0.1, 0.15) is 16.4 Å². The number of methoxy groups -OCH3 is 1. The Morgan fingerprint density at radius 1 is 1.03 bits per heavy atom. The number of hydrogen-bond acceptors (Lipinski definition) is 5. The summed E-state index contributed by atoms with van der Waals surface area (Å²) in [6.07, 6.45) is -0.120. The number of carbonyl (C=O) groups excluding carboxylic acids is 3. The largest absolute Gasteiger partial charge is 0.465 e. The fraction of sp³-hybridized carbons (Fsp3) is 0.136. The molecule has 1 amide bonds. The molecule has 2 aromatic carbocycles. The summed E-state index contributed by atoms with van der Waals surface area (Å²) in [5.41, 5.74) is 1.94. The van der Waals surface area contributed by atoms with E-state index in [-0.39, 0.29) is 24.2 Å². The molecule has 3 aromatic rings. The van der Waals surface area contributed by atoms with Gasteiger partial charge in [-0.2, -0.15) is 0 Å². The van der Waals surface area contributed by atoms with E-state index in [1.165, 1.54) is 42.7 Å². The Bertz CT molecular complexity index is 1080. The zero-order valence-corrected chi connectivity index (χ0v) is 17.5. The third-order valence-corrected chi connectivity index (χ3v) is 5.48. The number of Topliss-reactive ketones (excluding diaryl/α,β-unsaturated/α-hetero) is 1. The van der Waals surface area contributed by atoms with Crippen LogP contribution in [0.3, 0.4) is 0 Å². The molecule has 30 heavy (non-hydrogen) atoms. The summed E-state index contributed by atoms with van der Waals surface area (Å²) in [7, 11) is 1.26. The maximum absolute atomic E-state index is 13.0. The van der Waals surface area contributed by atoms with E-state index in [4.69, 9.17) is 16.3 Å². The minimum Gasteiger partial charge on any atom is -0.465 e. The van der Waals surface area contributed by atoms with Crippen LogP contribution in [0.2, 0.25) is 5.02 Å². The fourth-order valence-electron chi connectivity index (χ4n) is 2.79. The molecule has 154 valence electrons. The predicted octanol–water partition coefficient (Wildman–Crippen LogP) is 5.60. The highest BCUT2D eigenvalue weighted by atomic mass is 35.5. The molecule has 0 aliphatic heterocycles. The number of carbonyl (C=O) groups is 3. The molecular weight excluding hydrogens is 429 g/mol. The number of halogens is 2. The molecule has 1 heterocycles. The van der Waals surface area contributed by atoms with E-state index in [1.807, 2.05) is 0 Å². The van der Waals surface area contributed by atoms with Crippen LogP contribution in [0.4, 0.5) is 9.39 Å². The van der Waals surface area contributed by atoms with E-state index < -0.39 is 17.7 Å². The maximum atomic E-state index is 13.0. The average Bonchev–Trinajstić information content (AvgIpc) is 3.15. The second-order valence-electron chi connectivity index (χ2n) is 6.33. The van der Waals surface area contributed by atoms with Crippen molar-refractivity contribution in [3.63, 3.8) is 0 Å². The van der Waals surface area contributed by atoms with Crippen LogP contribution in [0.1, 0.15) is 33.6 Å². The maximum Gasteiger partial charge on any atom is 0.341 e. The predicted molar refractivity (Wildman–Crippen MR) is 115 cm³/mol. The van der Waals surface area contributed by atoms with Gasteiger partial charge < -0.3 is 10.1 Å². The summed E-state index contributed by atoms with van der Waals surface area (Å²) >= 11 is 7.11. The Labute approximate surface area is 181 Å². The first-order chi connectivity index (χ1) is 14.4. The van der Waals surface area contributed by atoms with Crippen molar-refractivity contribution >= 4 is 45.6 Å². The average molecular weight is 446 g/mol. The smallest absolute Gasteiger partial charge is 0.341 e. The van der Waals surface area contributed by atoms with Gasteiger partial charge in [0.15, 0.2) is 5.78 Å². The Kier molecular flexibility index (Phi) is 6.97. The SMILES string of the molecule is COC(=O)c1c(-c2ccc(Cl)cc2)csc1NC(=O)CCC(=O)c1ccc(F)cc1. The number of rotatable bonds is 7. The number of thiophene rings is 1. The van der Waals surface area contributed by atoms with Gasteiger partial charge in [-0.3, -0.25) is 9.59 Å². The first-order valence-electron chi connectivity index (χ1n) is 8.93. The minimum atomic E-state index is -0.584. The molecule has 1 N–H and O–H groups in total. The van der Waals surface area contributed by atoms with Gasteiger partial charge in [-0.1, -0.05) is 23.7 Å². The van der Waals surface area contributed by atoms with Crippen molar-refractivity contribution in [1.82, 2.24) is 0 Å². The lowest BCUT2D eigenvalue weighted by Gasteiger charge is -2.08. The van der Waals surface area contributed by atoms with E-state index in [1.54, 1.807) is 29.6 Å². The summed E-state index contributed by atoms with van der Waals surface area (Å²) in [6.45, 7) is 0. The molecule has 0 aliphatic carbocycles. The summed E-state index contributed by atoms with van der Waals surface area (Å²) in [6, 6.07) is 12.1. The summed E-state index contributed by atoms with van der Waals surface area (Å²) in [5, 5.41) is 5.33. The number of ether oxygens (including phenoxy) is 1. The van der Waals surface area contributed by atoms with Crippen molar-refractivity contribution in [1.29, 1.82) is 0 Å². The number of benzene rings is 2. The Balaban J connectivity index is 1.73. The van der Waals surface area contributed by atoms with Crippen molar-refractivity contribution in [3.05, 3.63) is 75.9 Å². The first kappa shape index (κ1) is 21.7. The Morgan fingerprint density at radius 3 is 2.33 bits per heavy atom. The van der Waals surface area contributed by atoms with Crippen LogP contribution in [0, 0.1) is 5.82 Å². The topological polar surface area (TPSA) is 72.5 Å². The summed E-state index contributed by atoms with van der Waals surface area (Å²) in [4.78, 5) is 36.9. The lowest BCUT2D eigenvalue weighted by atomic mass is 10.0. The van der Waals surface area contributed by atoms with Gasteiger partial charge in [0.25, 0.3) is 0 Å². The van der Waals surface area contributed by atoms with Crippen LogP contribution >= 0.6 is 22.9 Å². The lowest BCUT2D eigenvalue weighted by Crippen LogP contribution is -2.15. The van der Waals surface area contributed by atoms with Gasteiger partial charge in [-0.15, -0.1) is 11.3 Å². The van der Waals surface area contributed by atoms with Crippen molar-refractivity contribution < 1.29 is 23.5 Å². The molecule has 5 nitrogen and oxygen atoms in total. The van der Waals surface area contributed by atoms with Crippen LogP contribution in [-0.2, 0) is 9.53 Å². The van der Waals surface area contributed by atoms with Crippen molar-refractivity contribution in [3.8, 4) is 11.1 Å². The highest BCUT2D eigenvalue weighted by molar-refractivity contribution is 7.15. The lowest BCUT2D eigenvalue weighted by molar-refractivity contribution is -0.116. The highest BCUT2D eigenvalue weighted by Gasteiger charge is 2.22. The van der Waals surface area contributed by atoms with Gasteiger partial charge in [-0.25, -0.2) is 9.18 Å². The van der Waals surface area contributed by atoms with E-state index in [0.717, 1.165) is 5.56 Å². The first-order valence-corrected chi connectivity index (χ1v) is 10.2. The number of nitrogens with one attached hydrogen (secondary N) is 1. The standard InChI is InChI=1S/C22H17ClFNO4S/c1-29-22(28)20-17(13-2-6-15(23)7-3-13)12-30-21(20)25-19(27)11-10-18(26)14-4-8-16(24)9-5-14/h2-9,12H,10-11H2,1H3,(H,25,27). The number of anilines is 1. The summed E-state index contributed by atoms with van der Waals surface area (Å²) < 4.78 is 17.8. The third-order valence-electron chi connectivity index (χ3n) is 4.33. The number of ketones is 1. The second kappa shape index (κ2) is 9.65. The fourth-order valence-corrected chi connectivity index (χ4v) is 3.89. The van der Waals surface area contributed by atoms with Crippen molar-refractivity contribution in [2.24, 2.45) is 0 Å².